The number of aromatic nitrogens is 1. The molecule has 0 radical (unpaired) electrons. The average molecular weight is 398 g/mol. The van der Waals surface area contributed by atoms with Gasteiger partial charge in [0.25, 0.3) is 0 Å². The first-order chi connectivity index (χ1) is 14.3. The van der Waals surface area contributed by atoms with Gasteiger partial charge in [0.05, 0.1) is 18.9 Å². The summed E-state index contributed by atoms with van der Waals surface area (Å²) < 4.78 is 24.4. The minimum absolute atomic E-state index is 0.210. The Labute approximate surface area is 169 Å². The van der Waals surface area contributed by atoms with Crippen LogP contribution < -0.4 is 10.6 Å². The fraction of sp³-hybridized carbons (Fsp3) is 0.409. The van der Waals surface area contributed by atoms with Gasteiger partial charge in [-0.2, -0.15) is 0 Å². The normalized spacial score (nSPS) is 17.1. The molecule has 0 saturated carbocycles. The number of benzene rings is 1. The molecule has 3 aromatic rings. The van der Waals surface area contributed by atoms with Crippen LogP contribution in [-0.2, 0) is 17.6 Å². The molecule has 154 valence electrons. The monoisotopic (exact) mass is 398 g/mol. The van der Waals surface area contributed by atoms with Crippen LogP contribution in [0.1, 0.15) is 24.2 Å². The van der Waals surface area contributed by atoms with Gasteiger partial charge in [-0.05, 0) is 55.2 Å². The number of rotatable bonds is 8. The van der Waals surface area contributed by atoms with E-state index in [2.05, 4.69) is 15.6 Å². The third-order valence-electron chi connectivity index (χ3n) is 5.14. The van der Waals surface area contributed by atoms with Crippen molar-refractivity contribution in [3.8, 4) is 0 Å². The second kappa shape index (κ2) is 9.60. The quantitative estimate of drug-likeness (QED) is 0.402. The van der Waals surface area contributed by atoms with Crippen molar-refractivity contribution in [1.29, 1.82) is 0 Å². The van der Waals surface area contributed by atoms with Gasteiger partial charge in [-0.1, -0.05) is 0 Å². The molecule has 1 aliphatic heterocycles. The Hall–Kier alpha value is -2.80. The number of nitrogens with one attached hydrogen (secondary N) is 3. The summed E-state index contributed by atoms with van der Waals surface area (Å²) in [5.41, 5.74) is 1.98. The maximum Gasteiger partial charge on any atom is 0.191 e. The Kier molecular flexibility index (Phi) is 6.46. The lowest BCUT2D eigenvalue weighted by atomic mass is 10.1. The first-order valence-electron chi connectivity index (χ1n) is 10.2. The number of aliphatic imine (C=N–C) groups is 1. The lowest BCUT2D eigenvalue weighted by Crippen LogP contribution is -2.40. The molecule has 3 N–H and O–H groups in total. The largest absolute Gasteiger partial charge is 0.469 e. The van der Waals surface area contributed by atoms with Crippen LogP contribution in [-0.4, -0.2) is 43.3 Å². The molecule has 2 aromatic heterocycles. The Morgan fingerprint density at radius 1 is 1.21 bits per heavy atom. The summed E-state index contributed by atoms with van der Waals surface area (Å²) in [6.07, 6.45) is 7.62. The third-order valence-corrected chi connectivity index (χ3v) is 5.14. The van der Waals surface area contributed by atoms with E-state index in [4.69, 9.17) is 14.1 Å². The molecule has 4 rings (SSSR count). The van der Waals surface area contributed by atoms with Gasteiger partial charge in [0.15, 0.2) is 5.96 Å². The Bertz CT molecular complexity index is 930. The van der Waals surface area contributed by atoms with E-state index in [9.17, 15) is 4.39 Å². The fourth-order valence-electron chi connectivity index (χ4n) is 3.60. The van der Waals surface area contributed by atoms with Crippen LogP contribution in [0, 0.1) is 5.82 Å². The number of H-pyrrole nitrogens is 1. The fourth-order valence-corrected chi connectivity index (χ4v) is 3.60. The van der Waals surface area contributed by atoms with Gasteiger partial charge in [0, 0.05) is 43.2 Å². The van der Waals surface area contributed by atoms with Crippen LogP contribution in [0.3, 0.4) is 0 Å². The zero-order valence-corrected chi connectivity index (χ0v) is 16.4. The van der Waals surface area contributed by atoms with Crippen LogP contribution in [0.4, 0.5) is 4.39 Å². The van der Waals surface area contributed by atoms with E-state index >= 15 is 0 Å². The lowest BCUT2D eigenvalue weighted by molar-refractivity contribution is 0.117. The maximum absolute atomic E-state index is 13.4. The molecule has 7 heteroatoms. The number of nitrogens with zero attached hydrogens (tertiary/aromatic N) is 1. The highest BCUT2D eigenvalue weighted by atomic mass is 19.1. The molecule has 1 unspecified atom stereocenters. The Morgan fingerprint density at radius 3 is 2.90 bits per heavy atom. The topological polar surface area (TPSA) is 74.6 Å². The van der Waals surface area contributed by atoms with Gasteiger partial charge in [-0.25, -0.2) is 4.39 Å². The molecular weight excluding hydrogens is 371 g/mol. The van der Waals surface area contributed by atoms with E-state index in [1.807, 2.05) is 24.4 Å². The standard InChI is InChI=1S/C22H27FN4O2/c23-17-5-6-20-16(14-26-21(20)13-17)7-9-24-22(27-15-19-4-2-12-29-19)25-10-8-18-3-1-11-28-18/h1,3,5-6,11,13-14,19,26H,2,4,7-10,12,15H2,(H2,24,25,27). The van der Waals surface area contributed by atoms with E-state index < -0.39 is 0 Å². The molecule has 0 spiro atoms. The van der Waals surface area contributed by atoms with Crippen LogP contribution >= 0.6 is 0 Å². The van der Waals surface area contributed by atoms with Crippen molar-refractivity contribution in [3.05, 3.63) is 59.9 Å². The van der Waals surface area contributed by atoms with Crippen LogP contribution in [0.25, 0.3) is 10.9 Å². The second-order valence-corrected chi connectivity index (χ2v) is 7.26. The highest BCUT2D eigenvalue weighted by Gasteiger charge is 2.15. The zero-order valence-electron chi connectivity index (χ0n) is 16.4. The molecule has 6 nitrogen and oxygen atoms in total. The average Bonchev–Trinajstić information content (AvgIpc) is 3.48. The molecule has 1 aliphatic rings. The van der Waals surface area contributed by atoms with Crippen molar-refractivity contribution < 1.29 is 13.5 Å². The third kappa shape index (κ3) is 5.38. The summed E-state index contributed by atoms with van der Waals surface area (Å²) in [6.45, 7) is 2.94. The number of halogens is 1. The predicted molar refractivity (Wildman–Crippen MR) is 112 cm³/mol. The summed E-state index contributed by atoms with van der Waals surface area (Å²) >= 11 is 0. The van der Waals surface area contributed by atoms with Gasteiger partial charge in [0.1, 0.15) is 11.6 Å². The van der Waals surface area contributed by atoms with Gasteiger partial charge in [-0.3, -0.25) is 4.99 Å². The van der Waals surface area contributed by atoms with Crippen LogP contribution in [0.15, 0.2) is 52.2 Å². The molecule has 1 aromatic carbocycles. The van der Waals surface area contributed by atoms with Crippen molar-refractivity contribution in [2.24, 2.45) is 4.99 Å². The second-order valence-electron chi connectivity index (χ2n) is 7.26. The zero-order chi connectivity index (χ0) is 19.9. The molecule has 0 aliphatic carbocycles. The lowest BCUT2D eigenvalue weighted by Gasteiger charge is -2.13. The van der Waals surface area contributed by atoms with Crippen LogP contribution in [0.2, 0.25) is 0 Å². The van der Waals surface area contributed by atoms with Crippen LogP contribution in [0.5, 0.6) is 0 Å². The Morgan fingerprint density at radius 2 is 2.10 bits per heavy atom. The molecule has 1 saturated heterocycles. The highest BCUT2D eigenvalue weighted by Crippen LogP contribution is 2.19. The number of ether oxygens (including phenoxy) is 1. The summed E-state index contributed by atoms with van der Waals surface area (Å²) in [4.78, 5) is 7.84. The first kappa shape index (κ1) is 19.5. The number of guanidine groups is 1. The number of aromatic amines is 1. The van der Waals surface area contributed by atoms with Crippen molar-refractivity contribution in [2.75, 3.05) is 26.2 Å². The SMILES string of the molecule is Fc1ccc2c(CCNC(=NCC3CCCO3)NCCc3ccco3)c[nH]c2c1. The van der Waals surface area contributed by atoms with Gasteiger partial charge in [0.2, 0.25) is 0 Å². The first-order valence-corrected chi connectivity index (χ1v) is 10.2. The number of hydrogen-bond donors (Lipinski definition) is 3. The van der Waals surface area contributed by atoms with E-state index in [0.717, 1.165) is 73.6 Å². The molecule has 1 atom stereocenters. The number of fused-ring (bicyclic) bond motifs is 1. The molecular formula is C22H27FN4O2. The molecule has 0 amide bonds. The van der Waals surface area contributed by atoms with Gasteiger partial charge < -0.3 is 24.8 Å². The van der Waals surface area contributed by atoms with E-state index in [-0.39, 0.29) is 11.9 Å². The minimum atomic E-state index is -0.228. The summed E-state index contributed by atoms with van der Waals surface area (Å²) in [5.74, 6) is 1.49. The smallest absolute Gasteiger partial charge is 0.191 e. The van der Waals surface area contributed by atoms with E-state index in [1.165, 1.54) is 12.1 Å². The molecule has 0 bridgehead atoms. The van der Waals surface area contributed by atoms with Crippen molar-refractivity contribution in [3.63, 3.8) is 0 Å². The number of furan rings is 1. The summed E-state index contributed by atoms with van der Waals surface area (Å²) in [5, 5.41) is 7.83. The highest BCUT2D eigenvalue weighted by molar-refractivity contribution is 5.83. The molecule has 3 heterocycles. The minimum Gasteiger partial charge on any atom is -0.469 e. The molecule has 1 fully saturated rings. The van der Waals surface area contributed by atoms with Crippen molar-refractivity contribution in [1.82, 2.24) is 15.6 Å². The Balaban J connectivity index is 1.32. The summed E-state index contributed by atoms with van der Waals surface area (Å²) in [6, 6.07) is 8.71. The van der Waals surface area contributed by atoms with Crippen molar-refractivity contribution >= 4 is 16.9 Å². The molecule has 29 heavy (non-hydrogen) atoms. The predicted octanol–water partition coefficient (Wildman–Crippen LogP) is 3.40. The van der Waals surface area contributed by atoms with E-state index in [1.54, 1.807) is 6.26 Å². The van der Waals surface area contributed by atoms with Gasteiger partial charge >= 0.3 is 0 Å². The summed E-state index contributed by atoms with van der Waals surface area (Å²) in [7, 11) is 0. The maximum atomic E-state index is 13.4. The number of hydrogen-bond acceptors (Lipinski definition) is 3. The van der Waals surface area contributed by atoms with Crippen molar-refractivity contribution in [2.45, 2.75) is 31.8 Å². The van der Waals surface area contributed by atoms with Gasteiger partial charge in [-0.15, -0.1) is 0 Å². The van der Waals surface area contributed by atoms with E-state index in [0.29, 0.717) is 6.54 Å².